The summed E-state index contributed by atoms with van der Waals surface area (Å²) in [7, 11) is 0. The van der Waals surface area contributed by atoms with Gasteiger partial charge in [0.15, 0.2) is 0 Å². The van der Waals surface area contributed by atoms with Gasteiger partial charge < -0.3 is 15.3 Å². The quantitative estimate of drug-likeness (QED) is 0.565. The van der Waals surface area contributed by atoms with Crippen LogP contribution in [0.15, 0.2) is 0 Å². The fourth-order valence-corrected chi connectivity index (χ4v) is 0.150. The standard InChI is InChI=1S/C5H12O3.C3H8/c1-5(2-6,3-7)4-8;1-3-2/h6-8H,2-4H2,1H3;3H2,1-2H3. The van der Waals surface area contributed by atoms with Crippen molar-refractivity contribution in [3.63, 3.8) is 0 Å². The molecule has 3 heteroatoms. The van der Waals surface area contributed by atoms with Crippen molar-refractivity contribution >= 4 is 0 Å². The maximum absolute atomic E-state index is 8.47. The van der Waals surface area contributed by atoms with E-state index in [2.05, 4.69) is 13.8 Å². The van der Waals surface area contributed by atoms with Crippen LogP contribution in [0.4, 0.5) is 0 Å². The minimum Gasteiger partial charge on any atom is -0.396 e. The van der Waals surface area contributed by atoms with Crippen molar-refractivity contribution in [3.05, 3.63) is 0 Å². The van der Waals surface area contributed by atoms with Crippen molar-refractivity contribution in [1.29, 1.82) is 0 Å². The summed E-state index contributed by atoms with van der Waals surface area (Å²) in [4.78, 5) is 0. The van der Waals surface area contributed by atoms with Crippen molar-refractivity contribution in [2.24, 2.45) is 5.41 Å². The Morgan fingerprint density at radius 3 is 1.09 bits per heavy atom. The van der Waals surface area contributed by atoms with E-state index in [0.717, 1.165) is 0 Å². The average Bonchev–Trinajstić information content (AvgIpc) is 2.05. The Morgan fingerprint density at radius 2 is 1.09 bits per heavy atom. The summed E-state index contributed by atoms with van der Waals surface area (Å²) in [5.41, 5.74) is -0.708. The maximum Gasteiger partial charge on any atom is 0.0528 e. The maximum atomic E-state index is 8.47. The van der Waals surface area contributed by atoms with Crippen LogP contribution in [0.1, 0.15) is 27.2 Å². The molecule has 11 heavy (non-hydrogen) atoms. The number of hydrogen-bond acceptors (Lipinski definition) is 3. The lowest BCUT2D eigenvalue weighted by atomic mass is 9.95. The Morgan fingerprint density at radius 1 is 0.909 bits per heavy atom. The van der Waals surface area contributed by atoms with Crippen LogP contribution in [0, 0.1) is 5.41 Å². The molecule has 0 spiro atoms. The molecule has 0 bridgehead atoms. The summed E-state index contributed by atoms with van der Waals surface area (Å²) >= 11 is 0. The van der Waals surface area contributed by atoms with E-state index in [9.17, 15) is 0 Å². The van der Waals surface area contributed by atoms with Gasteiger partial charge in [-0.2, -0.15) is 0 Å². The molecule has 0 amide bonds. The van der Waals surface area contributed by atoms with Gasteiger partial charge in [-0.3, -0.25) is 0 Å². The van der Waals surface area contributed by atoms with Crippen LogP contribution in [0.3, 0.4) is 0 Å². The molecular formula is C8H20O3. The van der Waals surface area contributed by atoms with Crippen LogP contribution >= 0.6 is 0 Å². The van der Waals surface area contributed by atoms with Gasteiger partial charge in [-0.1, -0.05) is 27.2 Å². The fourth-order valence-electron chi connectivity index (χ4n) is 0.150. The van der Waals surface area contributed by atoms with E-state index in [1.165, 1.54) is 6.42 Å². The zero-order valence-electron chi connectivity index (χ0n) is 7.67. The van der Waals surface area contributed by atoms with Crippen LogP contribution in [0.25, 0.3) is 0 Å². The molecule has 0 aromatic heterocycles. The van der Waals surface area contributed by atoms with Crippen molar-refractivity contribution in [2.75, 3.05) is 19.8 Å². The molecule has 0 saturated heterocycles. The highest BCUT2D eigenvalue weighted by atomic mass is 16.3. The predicted molar refractivity (Wildman–Crippen MR) is 45.3 cm³/mol. The molecule has 0 atom stereocenters. The second-order valence-corrected chi connectivity index (χ2v) is 2.99. The summed E-state index contributed by atoms with van der Waals surface area (Å²) in [6, 6.07) is 0. The third-order valence-electron chi connectivity index (χ3n) is 1.15. The van der Waals surface area contributed by atoms with E-state index in [4.69, 9.17) is 15.3 Å². The highest BCUT2D eigenvalue weighted by molar-refractivity contribution is 4.69. The van der Waals surface area contributed by atoms with Gasteiger partial charge >= 0.3 is 0 Å². The van der Waals surface area contributed by atoms with Gasteiger partial charge in [0.1, 0.15) is 0 Å². The van der Waals surface area contributed by atoms with E-state index >= 15 is 0 Å². The molecule has 0 aliphatic heterocycles. The molecular weight excluding hydrogens is 144 g/mol. The fraction of sp³-hybridized carbons (Fsp3) is 1.00. The van der Waals surface area contributed by atoms with Crippen molar-refractivity contribution in [1.82, 2.24) is 0 Å². The molecule has 0 aromatic rings. The highest BCUT2D eigenvalue weighted by Gasteiger charge is 2.20. The normalized spacial score (nSPS) is 10.4. The smallest absolute Gasteiger partial charge is 0.0528 e. The van der Waals surface area contributed by atoms with E-state index < -0.39 is 5.41 Å². The van der Waals surface area contributed by atoms with Gasteiger partial charge in [0.25, 0.3) is 0 Å². The lowest BCUT2D eigenvalue weighted by molar-refractivity contribution is 0.0200. The molecule has 0 unspecified atom stereocenters. The van der Waals surface area contributed by atoms with E-state index in [1.54, 1.807) is 6.92 Å². The van der Waals surface area contributed by atoms with Crippen LogP contribution in [0.5, 0.6) is 0 Å². The van der Waals surface area contributed by atoms with Gasteiger partial charge in [-0.05, 0) is 0 Å². The first kappa shape index (κ1) is 13.5. The van der Waals surface area contributed by atoms with E-state index in [0.29, 0.717) is 0 Å². The Hall–Kier alpha value is -0.120. The molecule has 3 N–H and O–H groups in total. The second-order valence-electron chi connectivity index (χ2n) is 2.99. The van der Waals surface area contributed by atoms with Crippen LogP contribution in [0.2, 0.25) is 0 Å². The van der Waals surface area contributed by atoms with Gasteiger partial charge in [-0.25, -0.2) is 0 Å². The monoisotopic (exact) mass is 164 g/mol. The van der Waals surface area contributed by atoms with Gasteiger partial charge in [0, 0.05) is 5.41 Å². The molecule has 0 saturated carbocycles. The largest absolute Gasteiger partial charge is 0.396 e. The van der Waals surface area contributed by atoms with Gasteiger partial charge in [-0.15, -0.1) is 0 Å². The van der Waals surface area contributed by atoms with E-state index in [1.807, 2.05) is 0 Å². The Balaban J connectivity index is 0. The average molecular weight is 164 g/mol. The molecule has 3 nitrogen and oxygen atoms in total. The lowest BCUT2D eigenvalue weighted by Gasteiger charge is -2.20. The number of rotatable bonds is 3. The third kappa shape index (κ3) is 7.78. The molecule has 0 aliphatic rings. The highest BCUT2D eigenvalue weighted by Crippen LogP contribution is 2.10. The Bertz CT molecular complexity index is 61.5. The number of hydrogen-bond donors (Lipinski definition) is 3. The van der Waals surface area contributed by atoms with Crippen LogP contribution in [-0.4, -0.2) is 35.1 Å². The zero-order valence-corrected chi connectivity index (χ0v) is 7.67. The first-order valence-corrected chi connectivity index (χ1v) is 3.92. The molecule has 0 aromatic carbocycles. The molecule has 0 aliphatic carbocycles. The van der Waals surface area contributed by atoms with Crippen molar-refractivity contribution < 1.29 is 15.3 Å². The first-order chi connectivity index (χ1) is 5.10. The summed E-state index contributed by atoms with van der Waals surface area (Å²) in [6.07, 6.45) is 1.25. The first-order valence-electron chi connectivity index (χ1n) is 3.92. The Labute approximate surface area is 68.7 Å². The summed E-state index contributed by atoms with van der Waals surface area (Å²) in [5, 5.41) is 25.4. The SMILES string of the molecule is CC(CO)(CO)CO.CCC. The topological polar surface area (TPSA) is 60.7 Å². The lowest BCUT2D eigenvalue weighted by Crippen LogP contribution is -2.29. The summed E-state index contributed by atoms with van der Waals surface area (Å²) in [6.45, 7) is 5.31. The molecule has 0 radical (unpaired) electrons. The van der Waals surface area contributed by atoms with Crippen LogP contribution < -0.4 is 0 Å². The molecule has 0 fully saturated rings. The van der Waals surface area contributed by atoms with Crippen molar-refractivity contribution in [3.8, 4) is 0 Å². The second kappa shape index (κ2) is 7.98. The number of aliphatic hydroxyl groups is 3. The van der Waals surface area contributed by atoms with Gasteiger partial charge in [0.2, 0.25) is 0 Å². The minimum atomic E-state index is -0.708. The Kier molecular flexibility index (Phi) is 9.77. The van der Waals surface area contributed by atoms with E-state index in [-0.39, 0.29) is 19.8 Å². The number of aliphatic hydroxyl groups excluding tert-OH is 3. The summed E-state index contributed by atoms with van der Waals surface area (Å²) in [5.74, 6) is 0. The van der Waals surface area contributed by atoms with Crippen molar-refractivity contribution in [2.45, 2.75) is 27.2 Å². The molecule has 0 rings (SSSR count). The molecule has 0 heterocycles. The predicted octanol–water partition coefficient (Wildman–Crippen LogP) is 0.386. The zero-order chi connectivity index (χ0) is 9.33. The molecule has 70 valence electrons. The van der Waals surface area contributed by atoms with Crippen LogP contribution in [-0.2, 0) is 0 Å². The van der Waals surface area contributed by atoms with Gasteiger partial charge in [0.05, 0.1) is 19.8 Å². The summed E-state index contributed by atoms with van der Waals surface area (Å²) < 4.78 is 0. The minimum absolute atomic E-state index is 0.181. The third-order valence-corrected chi connectivity index (χ3v) is 1.15.